The highest BCUT2D eigenvalue weighted by molar-refractivity contribution is 6.00. The van der Waals surface area contributed by atoms with Crippen LogP contribution < -0.4 is 0 Å². The van der Waals surface area contributed by atoms with Gasteiger partial charge in [-0.05, 0) is 18.6 Å². The minimum absolute atomic E-state index is 0. The number of ketones is 1. The average molecular weight is 330 g/mol. The van der Waals surface area contributed by atoms with Crippen molar-refractivity contribution in [3.8, 4) is 0 Å². The predicted molar refractivity (Wildman–Crippen MR) is 75.4 cm³/mol. The van der Waals surface area contributed by atoms with Crippen molar-refractivity contribution in [3.63, 3.8) is 0 Å². The molecule has 2 saturated heterocycles. The topological polar surface area (TPSA) is 151 Å². The van der Waals surface area contributed by atoms with Crippen molar-refractivity contribution in [3.05, 3.63) is 11.6 Å². The molecule has 2 aliphatic heterocycles. The zero-order valence-corrected chi connectivity index (χ0v) is 12.9. The molecule has 23 heavy (non-hydrogen) atoms. The smallest absolute Gasteiger partial charge is 0.187 e. The van der Waals surface area contributed by atoms with E-state index in [0.717, 1.165) is 0 Å². The first-order chi connectivity index (χ1) is 10.3. The number of ether oxygens (including phenoxy) is 2. The van der Waals surface area contributed by atoms with Crippen molar-refractivity contribution in [2.75, 3.05) is 13.2 Å². The number of aliphatic hydroxyl groups is 4. The molecule has 8 atom stereocenters. The molecule has 0 aromatic carbocycles. The Morgan fingerprint density at radius 1 is 1.35 bits per heavy atom. The van der Waals surface area contributed by atoms with Gasteiger partial charge in [-0.15, -0.1) is 0 Å². The maximum atomic E-state index is 12.3. The molecule has 0 radical (unpaired) electrons. The third-order valence-corrected chi connectivity index (χ3v) is 6.58. The van der Waals surface area contributed by atoms with E-state index < -0.39 is 59.3 Å². The zero-order chi connectivity index (χ0) is 16.1. The van der Waals surface area contributed by atoms with Gasteiger partial charge in [0.15, 0.2) is 5.78 Å². The van der Waals surface area contributed by atoms with Gasteiger partial charge in [0, 0.05) is 5.41 Å². The molecule has 0 amide bonds. The van der Waals surface area contributed by atoms with E-state index >= 15 is 0 Å². The fraction of sp³-hybridized carbons (Fsp3) is 0.800. The Morgan fingerprint density at radius 3 is 2.48 bits per heavy atom. The van der Waals surface area contributed by atoms with Gasteiger partial charge in [-0.25, -0.2) is 0 Å². The molecule has 2 heterocycles. The molecular weight excluding hydrogens is 308 g/mol. The minimum atomic E-state index is -1.53. The van der Waals surface area contributed by atoms with Crippen molar-refractivity contribution in [2.24, 2.45) is 10.8 Å². The number of carbonyl (C=O) groups excluding carboxylic acids is 1. The Labute approximate surface area is 132 Å². The molecule has 3 fully saturated rings. The van der Waals surface area contributed by atoms with Crippen LogP contribution in [0, 0.1) is 10.8 Å². The number of hydrogen-bond acceptors (Lipinski definition) is 7. The standard InChI is InChI=1S/C15H20O7.H2O/c1-6-3-7-14(4-16,11(20)8(6)17)13(2)10(19)9(18)12(22-7)15(13)5-21-15;/h3,7,9-12,16,18-20H,4-5H2,1-2H3;1H2/t7?,9?,10?,11?,12?,13-,14-,15+;/m1./s1. The first kappa shape index (κ1) is 17.0. The molecule has 1 spiro atoms. The van der Waals surface area contributed by atoms with Gasteiger partial charge in [-0.3, -0.25) is 4.79 Å². The van der Waals surface area contributed by atoms with Crippen LogP contribution in [0.15, 0.2) is 11.6 Å². The molecule has 4 rings (SSSR count). The average Bonchev–Trinajstić information content (AvgIpc) is 3.27. The van der Waals surface area contributed by atoms with Crippen LogP contribution in [-0.2, 0) is 14.3 Å². The van der Waals surface area contributed by atoms with Crippen LogP contribution in [-0.4, -0.2) is 81.0 Å². The second-order valence-electron chi connectivity index (χ2n) is 7.11. The van der Waals surface area contributed by atoms with Crippen LogP contribution >= 0.6 is 0 Å². The van der Waals surface area contributed by atoms with Crippen LogP contribution in [0.2, 0.25) is 0 Å². The van der Waals surface area contributed by atoms with Crippen LogP contribution in [0.3, 0.4) is 0 Å². The number of epoxide rings is 1. The molecule has 8 nitrogen and oxygen atoms in total. The fourth-order valence-electron chi connectivity index (χ4n) is 5.03. The van der Waals surface area contributed by atoms with Crippen molar-refractivity contribution in [1.29, 1.82) is 0 Å². The highest BCUT2D eigenvalue weighted by atomic mass is 16.6. The zero-order valence-electron chi connectivity index (χ0n) is 12.9. The van der Waals surface area contributed by atoms with E-state index in [-0.39, 0.29) is 12.1 Å². The lowest BCUT2D eigenvalue weighted by Crippen LogP contribution is -2.72. The summed E-state index contributed by atoms with van der Waals surface area (Å²) in [5.41, 5.74) is -3.28. The number of fused-ring (bicyclic) bond motifs is 2. The molecule has 2 bridgehead atoms. The van der Waals surface area contributed by atoms with Gasteiger partial charge in [-0.1, -0.05) is 6.92 Å². The Morgan fingerprint density at radius 2 is 1.96 bits per heavy atom. The molecule has 1 saturated carbocycles. The Hall–Kier alpha value is -0.870. The summed E-state index contributed by atoms with van der Waals surface area (Å²) in [6.07, 6.45) is -3.96. The van der Waals surface area contributed by atoms with E-state index in [4.69, 9.17) is 9.47 Å². The molecule has 2 aliphatic carbocycles. The second kappa shape index (κ2) is 4.60. The summed E-state index contributed by atoms with van der Waals surface area (Å²) in [7, 11) is 0. The van der Waals surface area contributed by atoms with Crippen LogP contribution in [0.4, 0.5) is 0 Å². The normalized spacial score (nSPS) is 56.9. The third kappa shape index (κ3) is 1.45. The minimum Gasteiger partial charge on any atom is -0.412 e. The molecule has 0 aromatic rings. The fourth-order valence-corrected chi connectivity index (χ4v) is 5.03. The monoisotopic (exact) mass is 330 g/mol. The largest absolute Gasteiger partial charge is 0.412 e. The van der Waals surface area contributed by atoms with Gasteiger partial charge in [0.05, 0.1) is 30.8 Å². The molecule has 4 aliphatic rings. The van der Waals surface area contributed by atoms with Gasteiger partial charge in [-0.2, -0.15) is 0 Å². The lowest BCUT2D eigenvalue weighted by Gasteiger charge is -2.58. The van der Waals surface area contributed by atoms with Gasteiger partial charge in [0.1, 0.15) is 23.9 Å². The molecule has 6 N–H and O–H groups in total. The number of aliphatic hydroxyl groups excluding tert-OH is 4. The molecule has 5 unspecified atom stereocenters. The maximum absolute atomic E-state index is 12.3. The lowest BCUT2D eigenvalue weighted by atomic mass is 9.50. The predicted octanol–water partition coefficient (Wildman–Crippen LogP) is -2.69. The molecule has 130 valence electrons. The highest BCUT2D eigenvalue weighted by Crippen LogP contribution is 2.70. The van der Waals surface area contributed by atoms with Crippen LogP contribution in [0.1, 0.15) is 13.8 Å². The third-order valence-electron chi connectivity index (χ3n) is 6.58. The van der Waals surface area contributed by atoms with E-state index in [1.165, 1.54) is 0 Å². The summed E-state index contributed by atoms with van der Waals surface area (Å²) >= 11 is 0. The highest BCUT2D eigenvalue weighted by Gasteiger charge is 2.86. The summed E-state index contributed by atoms with van der Waals surface area (Å²) in [5, 5.41) is 41.8. The Balaban J connectivity index is 0.00000156. The number of hydrogen-bond donors (Lipinski definition) is 4. The molecular formula is C15H22O8. The second-order valence-corrected chi connectivity index (χ2v) is 7.11. The number of rotatable bonds is 1. The summed E-state index contributed by atoms with van der Waals surface area (Å²) in [6, 6.07) is 0. The van der Waals surface area contributed by atoms with E-state index in [1.54, 1.807) is 19.9 Å². The summed E-state index contributed by atoms with van der Waals surface area (Å²) in [4.78, 5) is 12.3. The van der Waals surface area contributed by atoms with Gasteiger partial charge >= 0.3 is 0 Å². The SMILES string of the molecule is CC1=CC2OC3C(O)C(O)[C@](C)([C@@]2(CO)C(O)C1=O)[C@]31CO1.O. The van der Waals surface area contributed by atoms with Gasteiger partial charge in [0.2, 0.25) is 0 Å². The first-order valence-corrected chi connectivity index (χ1v) is 7.45. The Bertz CT molecular complexity index is 584. The summed E-state index contributed by atoms with van der Waals surface area (Å²) in [5.74, 6) is -0.502. The van der Waals surface area contributed by atoms with Crippen molar-refractivity contribution in [1.82, 2.24) is 0 Å². The van der Waals surface area contributed by atoms with E-state index in [2.05, 4.69) is 0 Å². The van der Waals surface area contributed by atoms with Gasteiger partial charge in [0.25, 0.3) is 0 Å². The summed E-state index contributed by atoms with van der Waals surface area (Å²) < 4.78 is 11.5. The quantitative estimate of drug-likeness (QED) is 0.382. The van der Waals surface area contributed by atoms with E-state index in [1.807, 2.05) is 0 Å². The summed E-state index contributed by atoms with van der Waals surface area (Å²) in [6.45, 7) is 2.92. The Kier molecular flexibility index (Phi) is 3.40. The number of carbonyl (C=O) groups is 1. The van der Waals surface area contributed by atoms with Crippen molar-refractivity contribution < 1.29 is 40.2 Å². The molecule has 0 aromatic heterocycles. The van der Waals surface area contributed by atoms with Crippen LogP contribution in [0.25, 0.3) is 0 Å². The molecule has 8 heteroatoms. The number of Topliss-reactive ketones (excluding diaryl/α,β-unsaturated/α-hetero) is 1. The van der Waals surface area contributed by atoms with Crippen LogP contribution in [0.5, 0.6) is 0 Å². The first-order valence-electron chi connectivity index (χ1n) is 7.45. The van der Waals surface area contributed by atoms with Crippen molar-refractivity contribution >= 4 is 5.78 Å². The van der Waals surface area contributed by atoms with E-state index in [0.29, 0.717) is 5.57 Å². The van der Waals surface area contributed by atoms with Crippen molar-refractivity contribution in [2.45, 2.75) is 50.0 Å². The van der Waals surface area contributed by atoms with Gasteiger partial charge < -0.3 is 35.4 Å². The van der Waals surface area contributed by atoms with E-state index in [9.17, 15) is 25.2 Å². The maximum Gasteiger partial charge on any atom is 0.187 e. The lowest BCUT2D eigenvalue weighted by molar-refractivity contribution is -0.253.